The Balaban J connectivity index is 1.55. The van der Waals surface area contributed by atoms with Crippen LogP contribution in [0.15, 0.2) is 46.6 Å². The zero-order chi connectivity index (χ0) is 18.5. The molecule has 0 bridgehead atoms. The minimum atomic E-state index is -0.276. The van der Waals surface area contributed by atoms with E-state index >= 15 is 0 Å². The summed E-state index contributed by atoms with van der Waals surface area (Å²) in [5, 5.41) is 9.89. The van der Waals surface area contributed by atoms with Crippen molar-refractivity contribution in [1.82, 2.24) is 20.1 Å². The monoisotopic (exact) mass is 368 g/mol. The zero-order valence-electron chi connectivity index (χ0n) is 14.7. The van der Waals surface area contributed by atoms with Gasteiger partial charge < -0.3 is 5.32 Å². The minimum absolute atomic E-state index is 0.0963. The molecular formula is C19H20N4O2S. The number of rotatable bonds is 6. The molecule has 0 aliphatic carbocycles. The number of hydrogen-bond donors (Lipinski definition) is 1. The lowest BCUT2D eigenvalue weighted by atomic mass is 10.2. The van der Waals surface area contributed by atoms with Gasteiger partial charge in [-0.3, -0.25) is 9.59 Å². The van der Waals surface area contributed by atoms with Crippen LogP contribution >= 0.6 is 11.3 Å². The number of benzene rings is 1. The molecule has 3 aromatic rings. The van der Waals surface area contributed by atoms with E-state index < -0.39 is 0 Å². The third-order valence-corrected chi connectivity index (χ3v) is 4.89. The molecule has 0 saturated carbocycles. The average Bonchev–Trinajstić information content (AvgIpc) is 3.06. The largest absolute Gasteiger partial charge is 0.349 e. The molecule has 134 valence electrons. The SMILES string of the molecule is Cc1cc(=O)n(CC(=O)NCc2csc(Cc3ccccc3)n2)nc1C. The van der Waals surface area contributed by atoms with Gasteiger partial charge in [-0.25, -0.2) is 9.67 Å². The summed E-state index contributed by atoms with van der Waals surface area (Å²) in [6, 6.07) is 11.6. The van der Waals surface area contributed by atoms with Crippen molar-refractivity contribution >= 4 is 17.2 Å². The highest BCUT2D eigenvalue weighted by Crippen LogP contribution is 2.14. The number of nitrogens with zero attached hydrogens (tertiary/aromatic N) is 3. The van der Waals surface area contributed by atoms with Crippen molar-refractivity contribution in [2.45, 2.75) is 33.4 Å². The summed E-state index contributed by atoms with van der Waals surface area (Å²) >= 11 is 1.58. The van der Waals surface area contributed by atoms with Crippen molar-refractivity contribution in [3.63, 3.8) is 0 Å². The van der Waals surface area contributed by atoms with Crippen LogP contribution in [0.2, 0.25) is 0 Å². The third kappa shape index (κ3) is 4.64. The first kappa shape index (κ1) is 18.0. The van der Waals surface area contributed by atoms with E-state index in [1.165, 1.54) is 16.3 Å². The Morgan fingerprint density at radius 3 is 2.77 bits per heavy atom. The van der Waals surface area contributed by atoms with Crippen molar-refractivity contribution in [1.29, 1.82) is 0 Å². The fourth-order valence-electron chi connectivity index (χ4n) is 2.45. The predicted octanol–water partition coefficient (Wildman–Crippen LogP) is 2.22. The smallest absolute Gasteiger partial charge is 0.267 e. The zero-order valence-corrected chi connectivity index (χ0v) is 15.5. The van der Waals surface area contributed by atoms with Gasteiger partial charge in [0, 0.05) is 17.9 Å². The molecule has 0 atom stereocenters. The molecule has 3 rings (SSSR count). The fourth-order valence-corrected chi connectivity index (χ4v) is 3.28. The van der Waals surface area contributed by atoms with E-state index in [4.69, 9.17) is 0 Å². The topological polar surface area (TPSA) is 76.9 Å². The summed E-state index contributed by atoms with van der Waals surface area (Å²) in [6.07, 6.45) is 0.779. The number of amides is 1. The summed E-state index contributed by atoms with van der Waals surface area (Å²) in [5.74, 6) is -0.263. The van der Waals surface area contributed by atoms with Crippen LogP contribution < -0.4 is 10.9 Å². The van der Waals surface area contributed by atoms with Crippen molar-refractivity contribution in [3.8, 4) is 0 Å². The average molecular weight is 368 g/mol. The third-order valence-electron chi connectivity index (χ3n) is 3.99. The molecule has 0 aliphatic heterocycles. The van der Waals surface area contributed by atoms with Crippen LogP contribution in [0.25, 0.3) is 0 Å². The number of aromatic nitrogens is 3. The summed E-state index contributed by atoms with van der Waals surface area (Å²) in [7, 11) is 0. The van der Waals surface area contributed by atoms with E-state index in [9.17, 15) is 9.59 Å². The summed E-state index contributed by atoms with van der Waals surface area (Å²) in [5.41, 5.74) is 3.30. The molecule has 26 heavy (non-hydrogen) atoms. The lowest BCUT2D eigenvalue weighted by Gasteiger charge is -2.07. The molecule has 0 fully saturated rings. The van der Waals surface area contributed by atoms with Crippen LogP contribution in [0.5, 0.6) is 0 Å². The van der Waals surface area contributed by atoms with Gasteiger partial charge in [-0.15, -0.1) is 11.3 Å². The maximum absolute atomic E-state index is 12.1. The normalized spacial score (nSPS) is 10.7. The Kier molecular flexibility index (Phi) is 5.58. The van der Waals surface area contributed by atoms with Gasteiger partial charge in [-0.05, 0) is 25.0 Å². The van der Waals surface area contributed by atoms with Crippen molar-refractivity contribution in [3.05, 3.63) is 79.7 Å². The van der Waals surface area contributed by atoms with Gasteiger partial charge in [0.05, 0.1) is 22.9 Å². The second-order valence-electron chi connectivity index (χ2n) is 6.08. The molecule has 0 unspecified atom stereocenters. The number of carbonyl (C=O) groups is 1. The second kappa shape index (κ2) is 8.05. The molecule has 2 aromatic heterocycles. The number of aryl methyl sites for hydroxylation is 2. The molecule has 1 N–H and O–H groups in total. The Labute approximate surface area is 155 Å². The number of nitrogens with one attached hydrogen (secondary N) is 1. The number of thiazole rings is 1. The molecular weight excluding hydrogens is 348 g/mol. The van der Waals surface area contributed by atoms with Gasteiger partial charge in [0.15, 0.2) is 0 Å². The predicted molar refractivity (Wildman–Crippen MR) is 101 cm³/mol. The quantitative estimate of drug-likeness (QED) is 0.724. The number of hydrogen-bond acceptors (Lipinski definition) is 5. The van der Waals surface area contributed by atoms with Gasteiger partial charge in [0.25, 0.3) is 5.56 Å². The molecule has 2 heterocycles. The minimum Gasteiger partial charge on any atom is -0.349 e. The lowest BCUT2D eigenvalue weighted by molar-refractivity contribution is -0.122. The van der Waals surface area contributed by atoms with E-state index in [1.807, 2.05) is 37.4 Å². The van der Waals surface area contributed by atoms with E-state index in [1.54, 1.807) is 11.3 Å². The summed E-state index contributed by atoms with van der Waals surface area (Å²) in [6.45, 7) is 3.88. The van der Waals surface area contributed by atoms with E-state index in [0.29, 0.717) is 6.54 Å². The van der Waals surface area contributed by atoms with Crippen LogP contribution in [0.3, 0.4) is 0 Å². The molecule has 6 nitrogen and oxygen atoms in total. The number of carbonyl (C=O) groups excluding carboxylic acids is 1. The van der Waals surface area contributed by atoms with Crippen LogP contribution in [-0.4, -0.2) is 20.7 Å². The van der Waals surface area contributed by atoms with Crippen LogP contribution in [0.1, 0.15) is 27.5 Å². The second-order valence-corrected chi connectivity index (χ2v) is 7.02. The first-order valence-corrected chi connectivity index (χ1v) is 9.18. The maximum Gasteiger partial charge on any atom is 0.267 e. The maximum atomic E-state index is 12.1. The summed E-state index contributed by atoms with van der Waals surface area (Å²) in [4.78, 5) is 28.5. The Morgan fingerprint density at radius 1 is 1.23 bits per heavy atom. The fraction of sp³-hybridized carbons (Fsp3) is 0.263. The Hall–Kier alpha value is -2.80. The molecule has 1 amide bonds. The van der Waals surface area contributed by atoms with Gasteiger partial charge in [0.1, 0.15) is 6.54 Å². The van der Waals surface area contributed by atoms with Crippen LogP contribution in [-0.2, 0) is 24.3 Å². The highest BCUT2D eigenvalue weighted by atomic mass is 32.1. The standard InChI is InChI=1S/C19H20N4O2S/c1-13-8-19(25)23(22-14(13)2)11-17(24)20-10-16-12-26-18(21-16)9-15-6-4-3-5-7-15/h3-8,12H,9-11H2,1-2H3,(H,20,24). The Bertz CT molecular complexity index is 963. The van der Waals surface area contributed by atoms with Crippen LogP contribution in [0, 0.1) is 13.8 Å². The first-order chi connectivity index (χ1) is 12.5. The van der Waals surface area contributed by atoms with Gasteiger partial charge in [0.2, 0.25) is 5.91 Å². The first-order valence-electron chi connectivity index (χ1n) is 8.30. The van der Waals surface area contributed by atoms with Crippen LogP contribution in [0.4, 0.5) is 0 Å². The molecule has 0 radical (unpaired) electrons. The van der Waals surface area contributed by atoms with Crippen molar-refractivity contribution in [2.24, 2.45) is 0 Å². The molecule has 0 spiro atoms. The summed E-state index contributed by atoms with van der Waals surface area (Å²) < 4.78 is 1.18. The van der Waals surface area contributed by atoms with Gasteiger partial charge in [-0.1, -0.05) is 30.3 Å². The van der Waals surface area contributed by atoms with Gasteiger partial charge >= 0.3 is 0 Å². The molecule has 1 aromatic carbocycles. The van der Waals surface area contributed by atoms with Crippen molar-refractivity contribution in [2.75, 3.05) is 0 Å². The van der Waals surface area contributed by atoms with E-state index in [0.717, 1.165) is 28.4 Å². The Morgan fingerprint density at radius 2 is 2.00 bits per heavy atom. The highest BCUT2D eigenvalue weighted by molar-refractivity contribution is 7.09. The molecule has 0 saturated heterocycles. The lowest BCUT2D eigenvalue weighted by Crippen LogP contribution is -2.33. The molecule has 0 aliphatic rings. The van der Waals surface area contributed by atoms with E-state index in [-0.39, 0.29) is 18.0 Å². The molecule has 7 heteroatoms. The van der Waals surface area contributed by atoms with E-state index in [2.05, 4.69) is 27.5 Å². The highest BCUT2D eigenvalue weighted by Gasteiger charge is 2.09. The van der Waals surface area contributed by atoms with Gasteiger partial charge in [-0.2, -0.15) is 5.10 Å². The van der Waals surface area contributed by atoms with Crippen molar-refractivity contribution < 1.29 is 4.79 Å².